The van der Waals surface area contributed by atoms with Gasteiger partial charge >= 0.3 is 0 Å². The highest BCUT2D eigenvalue weighted by molar-refractivity contribution is 7.80. The lowest BCUT2D eigenvalue weighted by Crippen LogP contribution is -2.24. The number of nitrogens with zero attached hydrogens (tertiary/aromatic N) is 3. The van der Waals surface area contributed by atoms with E-state index < -0.39 is 0 Å². The van der Waals surface area contributed by atoms with Gasteiger partial charge in [-0.25, -0.2) is 0 Å². The fourth-order valence-electron chi connectivity index (χ4n) is 2.37. The van der Waals surface area contributed by atoms with Crippen molar-refractivity contribution in [3.05, 3.63) is 78.1 Å². The van der Waals surface area contributed by atoms with E-state index in [1.54, 1.807) is 19.5 Å². The van der Waals surface area contributed by atoms with Crippen LogP contribution in [0.25, 0.3) is 0 Å². The summed E-state index contributed by atoms with van der Waals surface area (Å²) in [5.41, 5.74) is 5.64. The molecule has 0 atom stereocenters. The van der Waals surface area contributed by atoms with Crippen molar-refractivity contribution in [1.82, 2.24) is 15.2 Å². The first-order valence-corrected chi connectivity index (χ1v) is 8.45. The predicted octanol–water partition coefficient (Wildman–Crippen LogP) is 3.26. The Morgan fingerprint density at radius 2 is 1.96 bits per heavy atom. The third kappa shape index (κ3) is 4.90. The van der Waals surface area contributed by atoms with Crippen molar-refractivity contribution >= 4 is 29.2 Å². The minimum absolute atomic E-state index is 0.377. The topological polar surface area (TPSA) is 63.5 Å². The Hall–Kier alpha value is -3.19. The van der Waals surface area contributed by atoms with E-state index in [2.05, 4.69) is 33.1 Å². The SMILES string of the molecule is COc1ccccc1NC(=S)N/N=C\c1cnn(Cc2ccccc2)c1. The highest BCUT2D eigenvalue weighted by Gasteiger charge is 2.03. The van der Waals surface area contributed by atoms with Crippen molar-refractivity contribution in [3.8, 4) is 5.75 Å². The fraction of sp³-hybridized carbons (Fsp3) is 0.105. The van der Waals surface area contributed by atoms with Gasteiger partial charge in [0, 0.05) is 11.8 Å². The van der Waals surface area contributed by atoms with Gasteiger partial charge in [0.25, 0.3) is 0 Å². The number of ether oxygens (including phenoxy) is 1. The molecule has 0 aliphatic carbocycles. The van der Waals surface area contributed by atoms with Gasteiger partial charge in [-0.15, -0.1) is 0 Å². The average Bonchev–Trinajstić information content (AvgIpc) is 3.10. The maximum Gasteiger partial charge on any atom is 0.191 e. The van der Waals surface area contributed by atoms with E-state index in [4.69, 9.17) is 17.0 Å². The van der Waals surface area contributed by atoms with Gasteiger partial charge in [-0.05, 0) is 29.9 Å². The lowest BCUT2D eigenvalue weighted by atomic mass is 10.2. The van der Waals surface area contributed by atoms with Gasteiger partial charge in [0.05, 0.1) is 31.8 Å². The molecule has 7 heteroatoms. The molecule has 0 saturated heterocycles. The molecule has 1 heterocycles. The number of anilines is 1. The molecule has 0 radical (unpaired) electrons. The normalized spacial score (nSPS) is 10.7. The zero-order valence-corrected chi connectivity index (χ0v) is 15.1. The van der Waals surface area contributed by atoms with Crippen LogP contribution in [-0.2, 0) is 6.54 Å². The summed E-state index contributed by atoms with van der Waals surface area (Å²) in [4.78, 5) is 0. The number of benzene rings is 2. The van der Waals surface area contributed by atoms with Crippen LogP contribution in [0.3, 0.4) is 0 Å². The van der Waals surface area contributed by atoms with Gasteiger partial charge < -0.3 is 10.1 Å². The molecule has 0 unspecified atom stereocenters. The Labute approximate surface area is 157 Å². The summed E-state index contributed by atoms with van der Waals surface area (Å²) in [6.45, 7) is 0.718. The summed E-state index contributed by atoms with van der Waals surface area (Å²) in [6, 6.07) is 17.7. The number of methoxy groups -OCH3 is 1. The second-order valence-corrected chi connectivity index (χ2v) is 5.89. The molecule has 0 fully saturated rings. The summed E-state index contributed by atoms with van der Waals surface area (Å²) >= 11 is 5.24. The van der Waals surface area contributed by atoms with Crippen molar-refractivity contribution in [3.63, 3.8) is 0 Å². The number of hydrogen-bond acceptors (Lipinski definition) is 4. The minimum atomic E-state index is 0.377. The molecule has 3 aromatic rings. The summed E-state index contributed by atoms with van der Waals surface area (Å²) in [5.74, 6) is 0.711. The molecule has 0 amide bonds. The predicted molar refractivity (Wildman–Crippen MR) is 108 cm³/mol. The number of thiocarbonyl (C=S) groups is 1. The molecule has 0 aliphatic rings. The second kappa shape index (κ2) is 8.77. The van der Waals surface area contributed by atoms with Crippen LogP contribution in [0, 0.1) is 0 Å². The number of nitrogens with one attached hydrogen (secondary N) is 2. The number of para-hydroxylation sites is 2. The highest BCUT2D eigenvalue weighted by atomic mass is 32.1. The van der Waals surface area contributed by atoms with Gasteiger partial charge in [-0.3, -0.25) is 10.1 Å². The zero-order valence-electron chi connectivity index (χ0n) is 14.3. The quantitative estimate of drug-likeness (QED) is 0.399. The van der Waals surface area contributed by atoms with E-state index in [-0.39, 0.29) is 0 Å². The van der Waals surface area contributed by atoms with E-state index in [0.29, 0.717) is 10.9 Å². The smallest absolute Gasteiger partial charge is 0.191 e. The monoisotopic (exact) mass is 365 g/mol. The Bertz CT molecular complexity index is 892. The van der Waals surface area contributed by atoms with Crippen LogP contribution >= 0.6 is 12.2 Å². The largest absolute Gasteiger partial charge is 0.495 e. The number of rotatable bonds is 6. The number of aromatic nitrogens is 2. The maximum absolute atomic E-state index is 5.27. The molecule has 0 bridgehead atoms. The second-order valence-electron chi connectivity index (χ2n) is 5.48. The molecule has 2 N–H and O–H groups in total. The Balaban J connectivity index is 1.53. The van der Waals surface area contributed by atoms with E-state index in [9.17, 15) is 0 Å². The summed E-state index contributed by atoms with van der Waals surface area (Å²) in [5, 5.41) is 11.9. The van der Waals surface area contributed by atoms with Gasteiger partial charge in [-0.1, -0.05) is 42.5 Å². The van der Waals surface area contributed by atoms with Gasteiger partial charge in [0.1, 0.15) is 5.75 Å². The first-order valence-electron chi connectivity index (χ1n) is 8.04. The molecule has 132 valence electrons. The summed E-state index contributed by atoms with van der Waals surface area (Å²) < 4.78 is 7.14. The van der Waals surface area contributed by atoms with Gasteiger partial charge in [-0.2, -0.15) is 10.2 Å². The van der Waals surface area contributed by atoms with Crippen LogP contribution in [0.1, 0.15) is 11.1 Å². The third-order valence-electron chi connectivity index (χ3n) is 3.58. The molecular formula is C19H19N5OS. The molecule has 26 heavy (non-hydrogen) atoms. The standard InChI is InChI=1S/C19H19N5OS/c1-25-18-10-6-5-9-17(18)22-19(26)23-20-11-16-12-21-24(14-16)13-15-7-3-2-4-8-15/h2-12,14H,13H2,1H3,(H2,22,23,26)/b20-11-. The van der Waals surface area contributed by atoms with E-state index in [0.717, 1.165) is 17.8 Å². The van der Waals surface area contributed by atoms with Gasteiger partial charge in [0.2, 0.25) is 0 Å². The van der Waals surface area contributed by atoms with E-state index >= 15 is 0 Å². The Morgan fingerprint density at radius 3 is 2.77 bits per heavy atom. The number of hydrogen-bond donors (Lipinski definition) is 2. The summed E-state index contributed by atoms with van der Waals surface area (Å²) in [7, 11) is 1.61. The fourth-order valence-corrected chi connectivity index (χ4v) is 2.53. The molecular weight excluding hydrogens is 346 g/mol. The minimum Gasteiger partial charge on any atom is -0.495 e. The first-order chi connectivity index (χ1) is 12.7. The van der Waals surface area contributed by atoms with Crippen molar-refractivity contribution in [2.75, 3.05) is 12.4 Å². The molecule has 0 spiro atoms. The third-order valence-corrected chi connectivity index (χ3v) is 3.77. The van der Waals surface area contributed by atoms with Crippen LogP contribution in [0.5, 0.6) is 5.75 Å². The van der Waals surface area contributed by atoms with Crippen LogP contribution < -0.4 is 15.5 Å². The number of hydrazone groups is 1. The van der Waals surface area contributed by atoms with E-state index in [1.807, 2.05) is 53.3 Å². The van der Waals surface area contributed by atoms with Crippen molar-refractivity contribution < 1.29 is 4.74 Å². The van der Waals surface area contributed by atoms with Crippen molar-refractivity contribution in [2.45, 2.75) is 6.54 Å². The zero-order chi connectivity index (χ0) is 18.2. The molecule has 0 aliphatic heterocycles. The van der Waals surface area contributed by atoms with Crippen molar-refractivity contribution in [1.29, 1.82) is 0 Å². The lowest BCUT2D eigenvalue weighted by Gasteiger charge is -2.10. The first kappa shape index (κ1) is 17.6. The highest BCUT2D eigenvalue weighted by Crippen LogP contribution is 2.22. The summed E-state index contributed by atoms with van der Waals surface area (Å²) in [6.07, 6.45) is 5.35. The van der Waals surface area contributed by atoms with Crippen molar-refractivity contribution in [2.24, 2.45) is 5.10 Å². The average molecular weight is 365 g/mol. The Morgan fingerprint density at radius 1 is 1.19 bits per heavy atom. The Kier molecular flexibility index (Phi) is 5.95. The molecule has 6 nitrogen and oxygen atoms in total. The van der Waals surface area contributed by atoms with Gasteiger partial charge in [0.15, 0.2) is 5.11 Å². The lowest BCUT2D eigenvalue weighted by molar-refractivity contribution is 0.417. The van der Waals surface area contributed by atoms with E-state index in [1.165, 1.54) is 5.56 Å². The van der Waals surface area contributed by atoms with Crippen LogP contribution in [0.4, 0.5) is 5.69 Å². The van der Waals surface area contributed by atoms with Crippen LogP contribution in [0.15, 0.2) is 72.1 Å². The van der Waals surface area contributed by atoms with Crippen LogP contribution in [-0.4, -0.2) is 28.2 Å². The maximum atomic E-state index is 5.27. The molecule has 1 aromatic heterocycles. The molecule has 0 saturated carbocycles. The molecule has 3 rings (SSSR count). The van der Waals surface area contributed by atoms with Crippen LogP contribution in [0.2, 0.25) is 0 Å². The molecule has 2 aromatic carbocycles.